The van der Waals surface area contributed by atoms with Crippen LogP contribution >= 0.6 is 0 Å². The van der Waals surface area contributed by atoms with Gasteiger partial charge in [0.1, 0.15) is 17.2 Å². The zero-order valence-corrected chi connectivity index (χ0v) is 20.6. The van der Waals surface area contributed by atoms with Gasteiger partial charge in [-0.1, -0.05) is 18.9 Å². The molecule has 190 valence electrons. The smallest absolute Gasteiger partial charge is 0.407 e. The van der Waals surface area contributed by atoms with E-state index in [4.69, 9.17) is 15.2 Å². The highest BCUT2D eigenvalue weighted by Crippen LogP contribution is 2.21. The second-order valence-electron chi connectivity index (χ2n) is 8.90. The van der Waals surface area contributed by atoms with Crippen LogP contribution < -0.4 is 26.4 Å². The number of carbonyl (C=O) groups is 3. The number of nitrogens with two attached hydrogens (primary N) is 1. The predicted molar refractivity (Wildman–Crippen MR) is 134 cm³/mol. The summed E-state index contributed by atoms with van der Waals surface area (Å²) in [5.74, 6) is 0.0882. The van der Waals surface area contributed by atoms with Gasteiger partial charge in [-0.3, -0.25) is 9.59 Å². The van der Waals surface area contributed by atoms with Crippen molar-refractivity contribution in [3.63, 3.8) is 0 Å². The first kappa shape index (κ1) is 27.4. The lowest BCUT2D eigenvalue weighted by molar-refractivity contribution is -0.123. The Labute approximate surface area is 206 Å². The fourth-order valence-corrected chi connectivity index (χ4v) is 2.98. The molecule has 2 rings (SSSR count). The van der Waals surface area contributed by atoms with Gasteiger partial charge in [0.2, 0.25) is 0 Å². The van der Waals surface area contributed by atoms with Crippen LogP contribution in [0.3, 0.4) is 0 Å². The maximum atomic E-state index is 12.5. The van der Waals surface area contributed by atoms with Crippen LogP contribution in [0.2, 0.25) is 0 Å². The molecule has 0 aliphatic heterocycles. The Morgan fingerprint density at radius 3 is 2.34 bits per heavy atom. The summed E-state index contributed by atoms with van der Waals surface area (Å²) in [6.07, 6.45) is 4.66. The molecule has 10 heteroatoms. The first-order valence-corrected chi connectivity index (χ1v) is 11.6. The molecule has 35 heavy (non-hydrogen) atoms. The van der Waals surface area contributed by atoms with E-state index >= 15 is 0 Å². The monoisotopic (exact) mass is 485 g/mol. The highest BCUT2D eigenvalue weighted by molar-refractivity contribution is 6.07. The quantitative estimate of drug-likeness (QED) is 0.266. The fraction of sp³-hybridized carbons (Fsp3) is 0.440. The number of hydrogen-bond donors (Lipinski definition) is 4. The standard InChI is InChI=1S/C25H35N5O5/c1-25(2,3)35-24(33)29-15-8-5-4-7-14-28-22(31)17-34-18-11-12-20(26)19(16-18)23(32)30-21-10-6-9-13-27-21/h6,9-13,16H,4-5,7-8,14-15,17,26H2,1-3H3,(H,28,31)(H,29,33)(H,27,30,32). The van der Waals surface area contributed by atoms with Crippen molar-refractivity contribution in [2.45, 2.75) is 52.1 Å². The van der Waals surface area contributed by atoms with E-state index in [0.717, 1.165) is 25.7 Å². The number of alkyl carbamates (subject to hydrolysis) is 1. The van der Waals surface area contributed by atoms with Crippen molar-refractivity contribution in [1.82, 2.24) is 15.6 Å². The van der Waals surface area contributed by atoms with Gasteiger partial charge in [0, 0.05) is 25.0 Å². The largest absolute Gasteiger partial charge is 0.484 e. The number of nitrogen functional groups attached to an aromatic ring is 1. The van der Waals surface area contributed by atoms with Gasteiger partial charge >= 0.3 is 6.09 Å². The Morgan fingerprint density at radius 2 is 1.69 bits per heavy atom. The van der Waals surface area contributed by atoms with Crippen molar-refractivity contribution in [3.8, 4) is 5.75 Å². The molecular weight excluding hydrogens is 450 g/mol. The van der Waals surface area contributed by atoms with Crippen LogP contribution in [0.4, 0.5) is 16.3 Å². The highest BCUT2D eigenvalue weighted by Gasteiger charge is 2.15. The number of ether oxygens (including phenoxy) is 2. The molecule has 0 saturated heterocycles. The number of nitrogens with zero attached hydrogens (tertiary/aromatic N) is 1. The molecule has 10 nitrogen and oxygen atoms in total. The van der Waals surface area contributed by atoms with E-state index in [1.807, 2.05) is 20.8 Å². The van der Waals surface area contributed by atoms with E-state index in [9.17, 15) is 14.4 Å². The van der Waals surface area contributed by atoms with Crippen molar-refractivity contribution in [2.24, 2.45) is 0 Å². The minimum absolute atomic E-state index is 0.176. The summed E-state index contributed by atoms with van der Waals surface area (Å²) >= 11 is 0. The van der Waals surface area contributed by atoms with Crippen LogP contribution in [-0.4, -0.2) is 48.2 Å². The number of nitrogens with one attached hydrogen (secondary N) is 3. The fourth-order valence-electron chi connectivity index (χ4n) is 2.98. The molecule has 0 radical (unpaired) electrons. The third-order valence-corrected chi connectivity index (χ3v) is 4.64. The van der Waals surface area contributed by atoms with E-state index in [2.05, 4.69) is 20.9 Å². The lowest BCUT2D eigenvalue weighted by Crippen LogP contribution is -2.33. The van der Waals surface area contributed by atoms with E-state index in [-0.39, 0.29) is 23.8 Å². The average molecular weight is 486 g/mol. The SMILES string of the molecule is CC(C)(C)OC(=O)NCCCCCCNC(=O)COc1ccc(N)c(C(=O)Nc2ccccn2)c1. The highest BCUT2D eigenvalue weighted by atomic mass is 16.6. The molecular formula is C25H35N5O5. The maximum absolute atomic E-state index is 12.5. The second kappa shape index (κ2) is 13.8. The molecule has 0 unspecified atom stereocenters. The molecule has 5 N–H and O–H groups in total. The minimum Gasteiger partial charge on any atom is -0.484 e. The van der Waals surface area contributed by atoms with Gasteiger partial charge in [-0.15, -0.1) is 0 Å². The van der Waals surface area contributed by atoms with Crippen LogP contribution in [0, 0.1) is 0 Å². The molecule has 1 aromatic heterocycles. The number of unbranched alkanes of at least 4 members (excludes halogenated alkanes) is 3. The Kier molecular flexibility index (Phi) is 10.8. The average Bonchev–Trinajstić information content (AvgIpc) is 2.79. The summed E-state index contributed by atoms with van der Waals surface area (Å²) < 4.78 is 10.7. The molecule has 0 spiro atoms. The molecule has 1 aromatic carbocycles. The number of carbonyl (C=O) groups excluding carboxylic acids is 3. The third kappa shape index (κ3) is 11.2. The van der Waals surface area contributed by atoms with Gasteiger partial charge in [-0.25, -0.2) is 9.78 Å². The van der Waals surface area contributed by atoms with Crippen molar-refractivity contribution in [2.75, 3.05) is 30.7 Å². The molecule has 0 atom stereocenters. The molecule has 3 amide bonds. The minimum atomic E-state index is -0.503. The first-order valence-electron chi connectivity index (χ1n) is 11.6. The molecule has 0 bridgehead atoms. The van der Waals surface area contributed by atoms with Crippen LogP contribution in [0.5, 0.6) is 5.75 Å². The Morgan fingerprint density at radius 1 is 0.971 bits per heavy atom. The Bertz CT molecular complexity index is 976. The summed E-state index contributed by atoms with van der Waals surface area (Å²) in [6.45, 7) is 6.37. The van der Waals surface area contributed by atoms with E-state index in [0.29, 0.717) is 24.7 Å². The van der Waals surface area contributed by atoms with Gasteiger partial charge in [0.15, 0.2) is 6.61 Å². The zero-order valence-electron chi connectivity index (χ0n) is 20.6. The molecule has 2 aromatic rings. The number of benzene rings is 1. The van der Waals surface area contributed by atoms with Gasteiger partial charge in [0.05, 0.1) is 5.56 Å². The van der Waals surface area contributed by atoms with E-state index in [1.165, 1.54) is 6.07 Å². The Balaban J connectivity index is 1.62. The number of pyridine rings is 1. The normalized spacial score (nSPS) is 10.8. The topological polar surface area (TPSA) is 145 Å². The summed E-state index contributed by atoms with van der Waals surface area (Å²) in [5, 5.41) is 8.19. The van der Waals surface area contributed by atoms with Gasteiger partial charge in [0.25, 0.3) is 11.8 Å². The lowest BCUT2D eigenvalue weighted by atomic mass is 10.1. The molecule has 0 fully saturated rings. The van der Waals surface area contributed by atoms with Crippen LogP contribution in [0.25, 0.3) is 0 Å². The molecule has 0 aliphatic rings. The maximum Gasteiger partial charge on any atom is 0.407 e. The summed E-state index contributed by atoms with van der Waals surface area (Å²) in [5.41, 5.74) is 5.94. The zero-order chi connectivity index (χ0) is 25.7. The molecule has 1 heterocycles. The summed E-state index contributed by atoms with van der Waals surface area (Å²) in [4.78, 5) is 40.2. The number of hydrogen-bond acceptors (Lipinski definition) is 7. The summed E-state index contributed by atoms with van der Waals surface area (Å²) in [6, 6.07) is 9.82. The van der Waals surface area contributed by atoms with Crippen LogP contribution in [-0.2, 0) is 9.53 Å². The summed E-state index contributed by atoms with van der Waals surface area (Å²) in [7, 11) is 0. The number of amides is 3. The van der Waals surface area contributed by atoms with E-state index in [1.54, 1.807) is 36.5 Å². The van der Waals surface area contributed by atoms with Gasteiger partial charge in [-0.2, -0.15) is 0 Å². The van der Waals surface area contributed by atoms with Crippen LogP contribution in [0.1, 0.15) is 56.8 Å². The lowest BCUT2D eigenvalue weighted by Gasteiger charge is -2.19. The number of aromatic nitrogens is 1. The van der Waals surface area contributed by atoms with Crippen LogP contribution in [0.15, 0.2) is 42.6 Å². The van der Waals surface area contributed by atoms with Crippen molar-refractivity contribution in [3.05, 3.63) is 48.2 Å². The van der Waals surface area contributed by atoms with Crippen molar-refractivity contribution in [1.29, 1.82) is 0 Å². The first-order chi connectivity index (χ1) is 16.6. The van der Waals surface area contributed by atoms with Crippen molar-refractivity contribution < 1.29 is 23.9 Å². The van der Waals surface area contributed by atoms with Gasteiger partial charge in [-0.05, 0) is 63.9 Å². The van der Waals surface area contributed by atoms with E-state index < -0.39 is 17.6 Å². The van der Waals surface area contributed by atoms with Gasteiger partial charge < -0.3 is 31.2 Å². The third-order valence-electron chi connectivity index (χ3n) is 4.64. The molecule has 0 saturated carbocycles. The number of rotatable bonds is 12. The number of anilines is 2. The Hall–Kier alpha value is -3.82. The molecule has 0 aliphatic carbocycles. The second-order valence-corrected chi connectivity index (χ2v) is 8.90. The van der Waals surface area contributed by atoms with Crippen molar-refractivity contribution >= 4 is 29.4 Å². The predicted octanol–water partition coefficient (Wildman–Crippen LogP) is 3.50.